The summed E-state index contributed by atoms with van der Waals surface area (Å²) in [7, 11) is -3.56. The molecule has 0 unspecified atom stereocenters. The Balaban J connectivity index is 1.26. The van der Waals surface area contributed by atoms with Gasteiger partial charge in [-0.1, -0.05) is 72.8 Å². The van der Waals surface area contributed by atoms with Crippen LogP contribution in [0.3, 0.4) is 0 Å². The van der Waals surface area contributed by atoms with Gasteiger partial charge in [0.15, 0.2) is 0 Å². The van der Waals surface area contributed by atoms with Crippen LogP contribution in [0.5, 0.6) is 0 Å². The number of imidazole rings is 1. The zero-order chi connectivity index (χ0) is 23.8. The molecule has 0 aliphatic carbocycles. The van der Waals surface area contributed by atoms with Gasteiger partial charge in [0.1, 0.15) is 0 Å². The minimum Gasteiger partial charge on any atom is -0.340 e. The number of hydrogen-bond donors (Lipinski definition) is 0. The second-order valence-corrected chi connectivity index (χ2v) is 10.8. The Labute approximate surface area is 205 Å². The molecule has 2 heterocycles. The largest absolute Gasteiger partial charge is 0.340 e. The van der Waals surface area contributed by atoms with Gasteiger partial charge in [-0.15, -0.1) is 0 Å². The third kappa shape index (κ3) is 4.07. The smallest absolute Gasteiger partial charge is 0.243 e. The van der Waals surface area contributed by atoms with Crippen molar-refractivity contribution in [2.24, 2.45) is 0 Å². The molecular formula is C28H26N4O2S. The Kier molecular flexibility index (Phi) is 5.51. The third-order valence-corrected chi connectivity index (χ3v) is 8.59. The summed E-state index contributed by atoms with van der Waals surface area (Å²) < 4.78 is 30.6. The fourth-order valence-corrected chi connectivity index (χ4v) is 6.29. The van der Waals surface area contributed by atoms with Gasteiger partial charge >= 0.3 is 0 Å². The number of fused-ring (bicyclic) bond motifs is 2. The second-order valence-electron chi connectivity index (χ2n) is 8.87. The minimum atomic E-state index is -3.56. The van der Waals surface area contributed by atoms with Crippen molar-refractivity contribution in [2.45, 2.75) is 11.4 Å². The summed E-state index contributed by atoms with van der Waals surface area (Å²) in [4.78, 5) is 7.48. The van der Waals surface area contributed by atoms with Crippen LogP contribution in [0.1, 0.15) is 5.56 Å². The van der Waals surface area contributed by atoms with Crippen molar-refractivity contribution in [3.8, 4) is 0 Å². The maximum absolute atomic E-state index is 13.4. The fourth-order valence-electron chi connectivity index (χ4n) is 4.83. The van der Waals surface area contributed by atoms with Crippen LogP contribution in [-0.2, 0) is 16.6 Å². The highest BCUT2D eigenvalue weighted by Crippen LogP contribution is 2.27. The number of sulfonamides is 1. The number of para-hydroxylation sites is 2. The average Bonchev–Trinajstić information content (AvgIpc) is 3.27. The van der Waals surface area contributed by atoms with E-state index in [0.29, 0.717) is 37.6 Å². The van der Waals surface area contributed by atoms with E-state index < -0.39 is 10.0 Å². The quantitative estimate of drug-likeness (QED) is 0.363. The van der Waals surface area contributed by atoms with Crippen molar-refractivity contribution in [3.63, 3.8) is 0 Å². The molecular weight excluding hydrogens is 456 g/mol. The van der Waals surface area contributed by atoms with Gasteiger partial charge in [-0.25, -0.2) is 13.4 Å². The number of benzene rings is 4. The van der Waals surface area contributed by atoms with Gasteiger partial charge in [0.05, 0.1) is 22.5 Å². The normalized spacial score (nSPS) is 15.1. The Bertz CT molecular complexity index is 1600. The van der Waals surface area contributed by atoms with Crippen molar-refractivity contribution >= 4 is 37.8 Å². The first kappa shape index (κ1) is 21.8. The highest BCUT2D eigenvalue weighted by molar-refractivity contribution is 7.89. The van der Waals surface area contributed by atoms with Crippen molar-refractivity contribution in [2.75, 3.05) is 31.1 Å². The van der Waals surface area contributed by atoms with Crippen molar-refractivity contribution < 1.29 is 8.42 Å². The number of rotatable bonds is 5. The molecule has 0 saturated carbocycles. The topological polar surface area (TPSA) is 58.4 Å². The van der Waals surface area contributed by atoms with Gasteiger partial charge in [-0.2, -0.15) is 4.31 Å². The van der Waals surface area contributed by atoms with E-state index in [-0.39, 0.29) is 0 Å². The maximum atomic E-state index is 13.4. The predicted octanol–water partition coefficient (Wildman–Crippen LogP) is 4.75. The monoisotopic (exact) mass is 482 g/mol. The van der Waals surface area contributed by atoms with Crippen LogP contribution >= 0.6 is 0 Å². The highest BCUT2D eigenvalue weighted by Gasteiger charge is 2.30. The molecule has 1 aliphatic rings. The average molecular weight is 483 g/mol. The first-order chi connectivity index (χ1) is 17.1. The molecule has 0 radical (unpaired) electrons. The van der Waals surface area contributed by atoms with Crippen LogP contribution in [-0.4, -0.2) is 48.5 Å². The first-order valence-corrected chi connectivity index (χ1v) is 13.3. The highest BCUT2D eigenvalue weighted by atomic mass is 32.2. The lowest BCUT2D eigenvalue weighted by Gasteiger charge is -2.34. The molecule has 5 aromatic rings. The maximum Gasteiger partial charge on any atom is 0.243 e. The van der Waals surface area contributed by atoms with Crippen molar-refractivity contribution in [3.05, 3.63) is 103 Å². The molecule has 7 heteroatoms. The van der Waals surface area contributed by atoms with Crippen LogP contribution in [0.2, 0.25) is 0 Å². The minimum absolute atomic E-state index is 0.348. The molecule has 0 bridgehead atoms. The van der Waals surface area contributed by atoms with Crippen molar-refractivity contribution in [1.29, 1.82) is 0 Å². The lowest BCUT2D eigenvalue weighted by atomic mass is 10.1. The van der Waals surface area contributed by atoms with E-state index >= 15 is 0 Å². The van der Waals surface area contributed by atoms with Gasteiger partial charge in [0.2, 0.25) is 16.0 Å². The molecule has 6 rings (SSSR count). The lowest BCUT2D eigenvalue weighted by Crippen LogP contribution is -2.49. The summed E-state index contributed by atoms with van der Waals surface area (Å²) in [6, 6.07) is 31.7. The van der Waals surface area contributed by atoms with E-state index in [1.54, 1.807) is 16.4 Å². The Morgan fingerprint density at radius 2 is 1.40 bits per heavy atom. The second kappa shape index (κ2) is 8.83. The molecule has 1 fully saturated rings. The molecule has 4 aromatic carbocycles. The first-order valence-electron chi connectivity index (χ1n) is 11.8. The lowest BCUT2D eigenvalue weighted by molar-refractivity contribution is 0.381. The molecule has 6 nitrogen and oxygen atoms in total. The molecule has 176 valence electrons. The van der Waals surface area contributed by atoms with E-state index in [1.165, 1.54) is 5.56 Å². The molecule has 0 atom stereocenters. The van der Waals surface area contributed by atoms with Gasteiger partial charge in [0.25, 0.3) is 0 Å². The molecule has 35 heavy (non-hydrogen) atoms. The third-order valence-electron chi connectivity index (χ3n) is 6.70. The number of anilines is 1. The van der Waals surface area contributed by atoms with Crippen LogP contribution in [0.25, 0.3) is 21.8 Å². The summed E-state index contributed by atoms with van der Waals surface area (Å²) in [5.74, 6) is 0.887. The Hall–Kier alpha value is -3.68. The molecule has 1 aromatic heterocycles. The van der Waals surface area contributed by atoms with E-state index in [0.717, 1.165) is 27.8 Å². The number of hydrogen-bond acceptors (Lipinski definition) is 4. The zero-order valence-electron chi connectivity index (χ0n) is 19.3. The number of nitrogens with zero attached hydrogens (tertiary/aromatic N) is 4. The summed E-state index contributed by atoms with van der Waals surface area (Å²) in [6.45, 7) is 2.73. The van der Waals surface area contributed by atoms with E-state index in [4.69, 9.17) is 4.98 Å². The molecule has 0 amide bonds. The summed E-state index contributed by atoms with van der Waals surface area (Å²) >= 11 is 0. The van der Waals surface area contributed by atoms with E-state index in [9.17, 15) is 8.42 Å². The molecule has 0 spiro atoms. The van der Waals surface area contributed by atoms with Crippen LogP contribution in [0, 0.1) is 0 Å². The van der Waals surface area contributed by atoms with Gasteiger partial charge in [-0.05, 0) is 40.6 Å². The van der Waals surface area contributed by atoms with Crippen LogP contribution < -0.4 is 4.90 Å². The molecule has 1 saturated heterocycles. The summed E-state index contributed by atoms with van der Waals surface area (Å²) in [5.41, 5.74) is 3.23. The van der Waals surface area contributed by atoms with E-state index in [1.807, 2.05) is 66.7 Å². The van der Waals surface area contributed by atoms with Gasteiger partial charge < -0.3 is 9.47 Å². The molecule has 0 N–H and O–H groups in total. The van der Waals surface area contributed by atoms with Crippen molar-refractivity contribution in [1.82, 2.24) is 13.9 Å². The van der Waals surface area contributed by atoms with Crippen LogP contribution in [0.4, 0.5) is 5.95 Å². The predicted molar refractivity (Wildman–Crippen MR) is 140 cm³/mol. The Morgan fingerprint density at radius 3 is 2.20 bits per heavy atom. The SMILES string of the molecule is O=S(=O)(c1ccc2ccccc2c1)N1CCN(c2nc3ccccc3n2Cc2ccccc2)CC1. The number of aromatic nitrogens is 2. The standard InChI is InChI=1S/C28H26N4O2S/c33-35(34,25-15-14-23-10-4-5-11-24(23)20-25)31-18-16-30(17-19-31)28-29-26-12-6-7-13-27(26)32(28)21-22-8-2-1-3-9-22/h1-15,20H,16-19,21H2. The van der Waals surface area contributed by atoms with Gasteiger partial charge in [0, 0.05) is 26.2 Å². The fraction of sp³-hybridized carbons (Fsp3) is 0.179. The summed E-state index contributed by atoms with van der Waals surface area (Å²) in [6.07, 6.45) is 0. The summed E-state index contributed by atoms with van der Waals surface area (Å²) in [5, 5.41) is 1.97. The number of piperazine rings is 1. The zero-order valence-corrected chi connectivity index (χ0v) is 20.1. The van der Waals surface area contributed by atoms with Crippen LogP contribution in [0.15, 0.2) is 102 Å². The Morgan fingerprint density at radius 1 is 0.714 bits per heavy atom. The van der Waals surface area contributed by atoms with Gasteiger partial charge in [-0.3, -0.25) is 0 Å². The van der Waals surface area contributed by atoms with E-state index in [2.05, 4.69) is 27.7 Å². The molecule has 1 aliphatic heterocycles.